The standard InChI is InChI=1S/C18H24N6O2S/c1-3-15-21-14(22-26-15)9-23(2)10-18(25)6-4-7-24(11-18)17-16-13(5-8-27-16)19-12-20-17/h5,8,12,25H,3-4,6-7,9-11H2,1-2H3. The maximum absolute atomic E-state index is 11.2. The number of likely N-dealkylation sites (N-methyl/N-ethyl adjacent to an activating group) is 1. The van der Waals surface area contributed by atoms with Gasteiger partial charge >= 0.3 is 0 Å². The molecule has 1 atom stereocenters. The number of anilines is 1. The minimum atomic E-state index is -0.807. The summed E-state index contributed by atoms with van der Waals surface area (Å²) in [5.41, 5.74) is 0.152. The Bertz CT molecular complexity index is 912. The van der Waals surface area contributed by atoms with Crippen molar-refractivity contribution in [1.29, 1.82) is 0 Å². The van der Waals surface area contributed by atoms with Gasteiger partial charge in [0.15, 0.2) is 5.82 Å². The smallest absolute Gasteiger partial charge is 0.226 e. The van der Waals surface area contributed by atoms with Crippen molar-refractivity contribution in [3.8, 4) is 0 Å². The van der Waals surface area contributed by atoms with Gasteiger partial charge in [-0.3, -0.25) is 4.90 Å². The molecular formula is C18H24N6O2S. The van der Waals surface area contributed by atoms with Gasteiger partial charge in [0.2, 0.25) is 5.89 Å². The zero-order valence-electron chi connectivity index (χ0n) is 15.6. The molecule has 3 aromatic heterocycles. The number of thiophene rings is 1. The zero-order chi connectivity index (χ0) is 18.9. The van der Waals surface area contributed by atoms with Crippen molar-refractivity contribution in [3.05, 3.63) is 29.5 Å². The molecule has 1 unspecified atom stereocenters. The Morgan fingerprint density at radius 3 is 3.11 bits per heavy atom. The first-order valence-electron chi connectivity index (χ1n) is 9.22. The summed E-state index contributed by atoms with van der Waals surface area (Å²) in [5, 5.41) is 17.3. The van der Waals surface area contributed by atoms with Crippen molar-refractivity contribution in [2.45, 2.75) is 38.3 Å². The molecular weight excluding hydrogens is 364 g/mol. The molecule has 0 spiro atoms. The Balaban J connectivity index is 1.45. The first-order chi connectivity index (χ1) is 13.1. The number of hydrogen-bond acceptors (Lipinski definition) is 9. The molecule has 9 heteroatoms. The highest BCUT2D eigenvalue weighted by Gasteiger charge is 2.35. The van der Waals surface area contributed by atoms with E-state index in [1.165, 1.54) is 0 Å². The van der Waals surface area contributed by atoms with Gasteiger partial charge in [0.25, 0.3) is 0 Å². The summed E-state index contributed by atoms with van der Waals surface area (Å²) in [6.07, 6.45) is 4.01. The third-order valence-electron chi connectivity index (χ3n) is 4.87. The van der Waals surface area contributed by atoms with Crippen molar-refractivity contribution in [3.63, 3.8) is 0 Å². The number of aromatic nitrogens is 4. The van der Waals surface area contributed by atoms with Crippen LogP contribution in [0.15, 0.2) is 22.3 Å². The highest BCUT2D eigenvalue weighted by Crippen LogP contribution is 2.32. The van der Waals surface area contributed by atoms with Crippen molar-refractivity contribution < 1.29 is 9.63 Å². The van der Waals surface area contributed by atoms with E-state index < -0.39 is 5.60 Å². The number of aliphatic hydroxyl groups is 1. The molecule has 3 aromatic rings. The van der Waals surface area contributed by atoms with E-state index in [2.05, 4.69) is 29.9 Å². The van der Waals surface area contributed by atoms with Crippen LogP contribution in [0.4, 0.5) is 5.82 Å². The number of piperidine rings is 1. The molecule has 0 aromatic carbocycles. The average molecular weight is 388 g/mol. The fourth-order valence-corrected chi connectivity index (χ4v) is 4.58. The van der Waals surface area contributed by atoms with Gasteiger partial charge in [-0.1, -0.05) is 12.1 Å². The van der Waals surface area contributed by atoms with E-state index in [0.29, 0.717) is 31.3 Å². The van der Waals surface area contributed by atoms with Crippen LogP contribution >= 0.6 is 11.3 Å². The summed E-state index contributed by atoms with van der Waals surface area (Å²) < 4.78 is 6.24. The first kappa shape index (κ1) is 18.3. The molecule has 4 rings (SSSR count). The molecule has 1 aliphatic rings. The number of nitrogens with zero attached hydrogens (tertiary/aromatic N) is 6. The van der Waals surface area contributed by atoms with Crippen LogP contribution in [0.1, 0.15) is 31.5 Å². The van der Waals surface area contributed by atoms with Gasteiger partial charge in [-0.2, -0.15) is 4.98 Å². The lowest BCUT2D eigenvalue weighted by Crippen LogP contribution is -2.54. The van der Waals surface area contributed by atoms with Gasteiger partial charge in [-0.05, 0) is 31.3 Å². The molecule has 1 fully saturated rings. The zero-order valence-corrected chi connectivity index (χ0v) is 16.4. The maximum Gasteiger partial charge on any atom is 0.226 e. The van der Waals surface area contributed by atoms with Crippen LogP contribution in [0.5, 0.6) is 0 Å². The Labute approximate surface area is 161 Å². The van der Waals surface area contributed by atoms with Gasteiger partial charge in [0.05, 0.1) is 22.4 Å². The number of rotatable bonds is 6. The minimum absolute atomic E-state index is 0.540. The predicted molar refractivity (Wildman–Crippen MR) is 104 cm³/mol. The summed E-state index contributed by atoms with van der Waals surface area (Å²) in [6.45, 7) is 4.51. The second kappa shape index (κ2) is 7.49. The molecule has 1 N–H and O–H groups in total. The average Bonchev–Trinajstić information content (AvgIpc) is 3.29. The number of fused-ring (bicyclic) bond motifs is 1. The van der Waals surface area contributed by atoms with E-state index in [1.54, 1.807) is 17.7 Å². The molecule has 4 heterocycles. The third kappa shape index (κ3) is 3.95. The van der Waals surface area contributed by atoms with Gasteiger partial charge < -0.3 is 14.5 Å². The third-order valence-corrected chi connectivity index (χ3v) is 5.77. The molecule has 0 amide bonds. The Hall–Kier alpha value is -2.10. The van der Waals surface area contributed by atoms with E-state index in [1.807, 2.05) is 25.4 Å². The van der Waals surface area contributed by atoms with E-state index >= 15 is 0 Å². The summed E-state index contributed by atoms with van der Waals surface area (Å²) in [5.74, 6) is 2.22. The highest BCUT2D eigenvalue weighted by molar-refractivity contribution is 7.17. The molecule has 144 valence electrons. The Kier molecular flexibility index (Phi) is 5.07. The first-order valence-corrected chi connectivity index (χ1v) is 10.1. The van der Waals surface area contributed by atoms with Crippen molar-refractivity contribution in [2.75, 3.05) is 31.6 Å². The van der Waals surface area contributed by atoms with Crippen molar-refractivity contribution in [1.82, 2.24) is 25.0 Å². The molecule has 0 radical (unpaired) electrons. The number of hydrogen-bond donors (Lipinski definition) is 1. The van der Waals surface area contributed by atoms with E-state index in [0.717, 1.165) is 41.8 Å². The van der Waals surface area contributed by atoms with E-state index in [-0.39, 0.29) is 0 Å². The lowest BCUT2D eigenvalue weighted by Gasteiger charge is -2.41. The molecule has 27 heavy (non-hydrogen) atoms. The largest absolute Gasteiger partial charge is 0.387 e. The molecule has 1 saturated heterocycles. The topological polar surface area (TPSA) is 91.4 Å². The Morgan fingerprint density at radius 2 is 2.30 bits per heavy atom. The van der Waals surface area contributed by atoms with Crippen LogP contribution in [-0.4, -0.2) is 62.4 Å². The van der Waals surface area contributed by atoms with Crippen molar-refractivity contribution in [2.24, 2.45) is 0 Å². The van der Waals surface area contributed by atoms with Crippen LogP contribution in [0, 0.1) is 0 Å². The van der Waals surface area contributed by atoms with Crippen LogP contribution in [-0.2, 0) is 13.0 Å². The van der Waals surface area contributed by atoms with Crippen LogP contribution in [0.3, 0.4) is 0 Å². The molecule has 8 nitrogen and oxygen atoms in total. The fraction of sp³-hybridized carbons (Fsp3) is 0.556. The predicted octanol–water partition coefficient (Wildman–Crippen LogP) is 2.10. The molecule has 1 aliphatic heterocycles. The van der Waals surface area contributed by atoms with Crippen LogP contribution in [0.25, 0.3) is 10.2 Å². The van der Waals surface area contributed by atoms with Crippen LogP contribution < -0.4 is 4.90 Å². The monoisotopic (exact) mass is 388 g/mol. The number of β-amino-alcohol motifs (C(OH)–C–C–N with tert-alkyl or cyclic N) is 1. The summed E-state index contributed by atoms with van der Waals surface area (Å²) in [6, 6.07) is 2.00. The number of aryl methyl sites for hydroxylation is 1. The van der Waals surface area contributed by atoms with Gasteiger partial charge in [0, 0.05) is 26.1 Å². The molecule has 0 aliphatic carbocycles. The fourth-order valence-electron chi connectivity index (χ4n) is 3.72. The minimum Gasteiger partial charge on any atom is -0.387 e. The van der Waals surface area contributed by atoms with Crippen LogP contribution in [0.2, 0.25) is 0 Å². The highest BCUT2D eigenvalue weighted by atomic mass is 32.1. The lowest BCUT2D eigenvalue weighted by atomic mass is 9.92. The van der Waals surface area contributed by atoms with Gasteiger partial charge in [-0.25, -0.2) is 9.97 Å². The summed E-state index contributed by atoms with van der Waals surface area (Å²) in [7, 11) is 1.97. The quantitative estimate of drug-likeness (QED) is 0.686. The maximum atomic E-state index is 11.2. The van der Waals surface area contributed by atoms with Crippen molar-refractivity contribution >= 4 is 27.4 Å². The normalized spacial score (nSPS) is 20.7. The molecule has 0 saturated carbocycles. The summed E-state index contributed by atoms with van der Waals surface area (Å²) in [4.78, 5) is 17.4. The second-order valence-electron chi connectivity index (χ2n) is 7.21. The SMILES string of the molecule is CCc1nc(CN(C)CC2(O)CCCN(c3ncnc4ccsc34)C2)no1. The lowest BCUT2D eigenvalue weighted by molar-refractivity contribution is -0.00399. The summed E-state index contributed by atoms with van der Waals surface area (Å²) >= 11 is 1.64. The van der Waals surface area contributed by atoms with Gasteiger partial charge in [-0.15, -0.1) is 11.3 Å². The van der Waals surface area contributed by atoms with E-state index in [9.17, 15) is 5.11 Å². The second-order valence-corrected chi connectivity index (χ2v) is 8.13. The van der Waals surface area contributed by atoms with E-state index in [4.69, 9.17) is 4.52 Å². The molecule has 0 bridgehead atoms. The van der Waals surface area contributed by atoms with Gasteiger partial charge in [0.1, 0.15) is 12.1 Å². The Morgan fingerprint density at radius 1 is 1.41 bits per heavy atom.